The maximum atomic E-state index is 2.40. The van der Waals surface area contributed by atoms with Crippen LogP contribution < -0.4 is 0 Å². The van der Waals surface area contributed by atoms with Crippen molar-refractivity contribution in [2.24, 2.45) is 23.7 Å². The van der Waals surface area contributed by atoms with Gasteiger partial charge in [-0.05, 0) is 36.5 Å². The molecule has 3 atom stereocenters. The lowest BCUT2D eigenvalue weighted by Gasteiger charge is -2.37. The van der Waals surface area contributed by atoms with Crippen molar-refractivity contribution in [2.45, 2.75) is 59.8 Å². The standard InChI is InChI=1S/C13H26/c1-5-11-7-8-13(10(3)4)12(6-2)9-11/h10-13H,5-9H2,1-4H3. The Morgan fingerprint density at radius 3 is 2.23 bits per heavy atom. The van der Waals surface area contributed by atoms with Crippen LogP contribution in [0.5, 0.6) is 0 Å². The first-order valence-electron chi connectivity index (χ1n) is 6.19. The van der Waals surface area contributed by atoms with Gasteiger partial charge in [-0.1, -0.05) is 47.0 Å². The molecule has 0 N–H and O–H groups in total. The Morgan fingerprint density at radius 1 is 1.08 bits per heavy atom. The van der Waals surface area contributed by atoms with Crippen LogP contribution in [-0.2, 0) is 0 Å². The van der Waals surface area contributed by atoms with Gasteiger partial charge in [0.05, 0.1) is 0 Å². The fourth-order valence-electron chi connectivity index (χ4n) is 3.10. The van der Waals surface area contributed by atoms with Crippen LogP contribution in [0, 0.1) is 23.7 Å². The Hall–Kier alpha value is 0. The minimum atomic E-state index is 0.905. The zero-order valence-corrected chi connectivity index (χ0v) is 9.84. The summed E-state index contributed by atoms with van der Waals surface area (Å²) in [4.78, 5) is 0. The predicted octanol–water partition coefficient (Wildman–Crippen LogP) is 4.49. The molecular weight excluding hydrogens is 156 g/mol. The third kappa shape index (κ3) is 2.72. The van der Waals surface area contributed by atoms with E-state index < -0.39 is 0 Å². The zero-order valence-electron chi connectivity index (χ0n) is 9.84. The Kier molecular flexibility index (Phi) is 4.28. The van der Waals surface area contributed by atoms with Gasteiger partial charge in [-0.15, -0.1) is 0 Å². The van der Waals surface area contributed by atoms with E-state index in [-0.39, 0.29) is 0 Å². The molecule has 0 nitrogen and oxygen atoms in total. The molecule has 0 aromatic carbocycles. The first-order valence-corrected chi connectivity index (χ1v) is 6.19. The van der Waals surface area contributed by atoms with Crippen LogP contribution in [0.15, 0.2) is 0 Å². The van der Waals surface area contributed by atoms with E-state index >= 15 is 0 Å². The lowest BCUT2D eigenvalue weighted by atomic mass is 9.68. The number of hydrogen-bond acceptors (Lipinski definition) is 0. The maximum absolute atomic E-state index is 2.40. The molecule has 78 valence electrons. The Bertz CT molecular complexity index is 137. The first-order chi connectivity index (χ1) is 6.19. The van der Waals surface area contributed by atoms with Gasteiger partial charge in [-0.2, -0.15) is 0 Å². The Balaban J connectivity index is 2.50. The Labute approximate surface area is 84.1 Å². The smallest absolute Gasteiger partial charge is 0.0363 e. The zero-order chi connectivity index (χ0) is 9.84. The van der Waals surface area contributed by atoms with Crippen molar-refractivity contribution in [3.8, 4) is 0 Å². The van der Waals surface area contributed by atoms with E-state index in [0.717, 1.165) is 23.7 Å². The molecule has 0 aliphatic heterocycles. The van der Waals surface area contributed by atoms with E-state index in [0.29, 0.717) is 0 Å². The predicted molar refractivity (Wildman–Crippen MR) is 59.7 cm³/mol. The van der Waals surface area contributed by atoms with Crippen LogP contribution in [0.25, 0.3) is 0 Å². The summed E-state index contributed by atoms with van der Waals surface area (Å²) in [7, 11) is 0. The molecule has 1 aliphatic carbocycles. The van der Waals surface area contributed by atoms with Crippen molar-refractivity contribution >= 4 is 0 Å². The average molecular weight is 182 g/mol. The monoisotopic (exact) mass is 182 g/mol. The summed E-state index contributed by atoms with van der Waals surface area (Å²) in [6, 6.07) is 0. The minimum absolute atomic E-state index is 0.905. The van der Waals surface area contributed by atoms with E-state index in [1.54, 1.807) is 0 Å². The van der Waals surface area contributed by atoms with Gasteiger partial charge in [0.2, 0.25) is 0 Å². The molecule has 1 saturated carbocycles. The van der Waals surface area contributed by atoms with Crippen molar-refractivity contribution in [1.29, 1.82) is 0 Å². The topological polar surface area (TPSA) is 0 Å². The molecule has 0 heterocycles. The third-order valence-corrected chi connectivity index (χ3v) is 4.11. The largest absolute Gasteiger partial charge is 0.0651 e. The summed E-state index contributed by atoms with van der Waals surface area (Å²) in [5.41, 5.74) is 0. The third-order valence-electron chi connectivity index (χ3n) is 4.11. The summed E-state index contributed by atoms with van der Waals surface area (Å²) in [5, 5.41) is 0. The van der Waals surface area contributed by atoms with E-state index in [1.165, 1.54) is 32.1 Å². The van der Waals surface area contributed by atoms with Gasteiger partial charge >= 0.3 is 0 Å². The summed E-state index contributed by atoms with van der Waals surface area (Å²) in [5.74, 6) is 3.99. The van der Waals surface area contributed by atoms with Crippen LogP contribution in [0.3, 0.4) is 0 Å². The number of rotatable bonds is 3. The van der Waals surface area contributed by atoms with Crippen LogP contribution in [0.1, 0.15) is 59.8 Å². The fourth-order valence-corrected chi connectivity index (χ4v) is 3.10. The summed E-state index contributed by atoms with van der Waals surface area (Å²) >= 11 is 0. The van der Waals surface area contributed by atoms with Crippen molar-refractivity contribution < 1.29 is 0 Å². The molecule has 0 saturated heterocycles. The lowest BCUT2D eigenvalue weighted by Crippen LogP contribution is -2.27. The van der Waals surface area contributed by atoms with Gasteiger partial charge in [-0.25, -0.2) is 0 Å². The Morgan fingerprint density at radius 2 is 1.77 bits per heavy atom. The second-order valence-electron chi connectivity index (χ2n) is 5.16. The molecule has 0 aromatic heterocycles. The van der Waals surface area contributed by atoms with E-state index in [2.05, 4.69) is 27.7 Å². The quantitative estimate of drug-likeness (QED) is 0.603. The highest BCUT2D eigenvalue weighted by Gasteiger charge is 2.29. The minimum Gasteiger partial charge on any atom is -0.0651 e. The van der Waals surface area contributed by atoms with E-state index in [4.69, 9.17) is 0 Å². The van der Waals surface area contributed by atoms with Gasteiger partial charge in [0.15, 0.2) is 0 Å². The molecule has 0 heteroatoms. The van der Waals surface area contributed by atoms with Crippen LogP contribution in [0.2, 0.25) is 0 Å². The molecule has 0 spiro atoms. The van der Waals surface area contributed by atoms with Crippen molar-refractivity contribution in [1.82, 2.24) is 0 Å². The van der Waals surface area contributed by atoms with Gasteiger partial charge in [0, 0.05) is 0 Å². The average Bonchev–Trinajstić information content (AvgIpc) is 2.16. The van der Waals surface area contributed by atoms with Crippen molar-refractivity contribution in [2.75, 3.05) is 0 Å². The number of hydrogen-bond donors (Lipinski definition) is 0. The van der Waals surface area contributed by atoms with Crippen LogP contribution in [0.4, 0.5) is 0 Å². The molecule has 0 aromatic rings. The molecule has 0 radical (unpaired) electrons. The molecule has 1 rings (SSSR count). The first kappa shape index (κ1) is 11.1. The molecular formula is C13H26. The van der Waals surface area contributed by atoms with Gasteiger partial charge < -0.3 is 0 Å². The van der Waals surface area contributed by atoms with E-state index in [9.17, 15) is 0 Å². The highest BCUT2D eigenvalue weighted by Crippen LogP contribution is 2.40. The molecule has 0 amide bonds. The van der Waals surface area contributed by atoms with Gasteiger partial charge in [-0.3, -0.25) is 0 Å². The van der Waals surface area contributed by atoms with Gasteiger partial charge in [0.25, 0.3) is 0 Å². The van der Waals surface area contributed by atoms with E-state index in [1.807, 2.05) is 0 Å². The van der Waals surface area contributed by atoms with Crippen LogP contribution >= 0.6 is 0 Å². The summed E-state index contributed by atoms with van der Waals surface area (Å²) in [6.07, 6.45) is 7.31. The normalized spacial score (nSPS) is 35.3. The SMILES string of the molecule is CCC1CCC(C(C)C)C(CC)C1. The highest BCUT2D eigenvalue weighted by molar-refractivity contribution is 4.80. The molecule has 0 bridgehead atoms. The summed E-state index contributed by atoms with van der Waals surface area (Å²) < 4.78 is 0. The fraction of sp³-hybridized carbons (Fsp3) is 1.00. The maximum Gasteiger partial charge on any atom is -0.0363 e. The molecule has 1 aliphatic rings. The molecule has 3 unspecified atom stereocenters. The van der Waals surface area contributed by atoms with Crippen molar-refractivity contribution in [3.63, 3.8) is 0 Å². The lowest BCUT2D eigenvalue weighted by molar-refractivity contribution is 0.131. The van der Waals surface area contributed by atoms with Crippen LogP contribution in [-0.4, -0.2) is 0 Å². The second-order valence-corrected chi connectivity index (χ2v) is 5.16. The summed E-state index contributed by atoms with van der Waals surface area (Å²) in [6.45, 7) is 9.53. The second kappa shape index (κ2) is 5.02. The van der Waals surface area contributed by atoms with Crippen molar-refractivity contribution in [3.05, 3.63) is 0 Å². The molecule has 13 heavy (non-hydrogen) atoms. The van der Waals surface area contributed by atoms with Gasteiger partial charge in [0.1, 0.15) is 0 Å². The molecule has 1 fully saturated rings. The highest BCUT2D eigenvalue weighted by atomic mass is 14.3.